The van der Waals surface area contributed by atoms with E-state index in [4.69, 9.17) is 0 Å². The maximum absolute atomic E-state index is 12.1. The number of amides is 1. The lowest BCUT2D eigenvalue weighted by Gasteiger charge is -2.09. The molecule has 0 spiro atoms. The minimum Gasteiger partial charge on any atom is -0.348 e. The molecule has 1 aromatic heterocycles. The van der Waals surface area contributed by atoms with E-state index in [1.165, 1.54) is 0 Å². The van der Waals surface area contributed by atoms with Crippen LogP contribution in [0.25, 0.3) is 0 Å². The molecule has 0 bridgehead atoms. The van der Waals surface area contributed by atoms with Gasteiger partial charge in [-0.2, -0.15) is 0 Å². The van der Waals surface area contributed by atoms with E-state index in [-0.39, 0.29) is 5.91 Å². The molecule has 1 saturated carbocycles. The number of nitrogens with zero attached hydrogens (tertiary/aromatic N) is 2. The molecule has 0 atom stereocenters. The van der Waals surface area contributed by atoms with Crippen molar-refractivity contribution in [2.24, 2.45) is 0 Å². The molecule has 1 aromatic carbocycles. The van der Waals surface area contributed by atoms with Crippen LogP contribution in [0.3, 0.4) is 0 Å². The minimum absolute atomic E-state index is 0.129. The third-order valence-corrected chi connectivity index (χ3v) is 3.27. The minimum atomic E-state index is -0.129. The highest BCUT2D eigenvalue weighted by molar-refractivity contribution is 5.93. The number of benzene rings is 1. The average Bonchev–Trinajstić information content (AvgIpc) is 3.22. The molecule has 1 aliphatic carbocycles. The normalized spacial score (nSPS) is 13.8. The second-order valence-electron chi connectivity index (χ2n) is 5.46. The highest BCUT2D eigenvalue weighted by Gasteiger charge is 2.24. The molecule has 21 heavy (non-hydrogen) atoms. The van der Waals surface area contributed by atoms with Crippen molar-refractivity contribution in [2.75, 3.05) is 5.32 Å². The number of carbonyl (C=O) groups excluding carboxylic acids is 1. The molecule has 108 valence electrons. The van der Waals surface area contributed by atoms with Crippen LogP contribution in [-0.4, -0.2) is 21.9 Å². The fraction of sp³-hybridized carbons (Fsp3) is 0.312. The van der Waals surface area contributed by atoms with Gasteiger partial charge < -0.3 is 10.6 Å². The molecule has 1 aliphatic rings. The molecule has 0 unspecified atom stereocenters. The van der Waals surface area contributed by atoms with Crippen LogP contribution >= 0.6 is 0 Å². The number of anilines is 2. The summed E-state index contributed by atoms with van der Waals surface area (Å²) in [7, 11) is 0. The maximum Gasteiger partial charge on any atom is 0.270 e. The van der Waals surface area contributed by atoms with Crippen molar-refractivity contribution in [3.05, 3.63) is 47.3 Å². The Bertz CT molecular complexity index is 680. The highest BCUT2D eigenvalue weighted by atomic mass is 16.2. The first-order valence-corrected chi connectivity index (χ1v) is 7.10. The van der Waals surface area contributed by atoms with Gasteiger partial charge in [-0.15, -0.1) is 0 Å². The third kappa shape index (κ3) is 3.56. The number of hydrogen-bond acceptors (Lipinski definition) is 4. The van der Waals surface area contributed by atoms with Crippen molar-refractivity contribution in [1.82, 2.24) is 15.3 Å². The van der Waals surface area contributed by atoms with Gasteiger partial charge in [-0.1, -0.05) is 12.1 Å². The van der Waals surface area contributed by atoms with E-state index in [1.54, 1.807) is 6.07 Å². The second kappa shape index (κ2) is 5.52. The Morgan fingerprint density at radius 1 is 1.19 bits per heavy atom. The molecule has 1 amide bonds. The lowest BCUT2D eigenvalue weighted by Crippen LogP contribution is -2.26. The van der Waals surface area contributed by atoms with Gasteiger partial charge in [0.1, 0.15) is 5.69 Å². The summed E-state index contributed by atoms with van der Waals surface area (Å²) >= 11 is 0. The predicted molar refractivity (Wildman–Crippen MR) is 81.7 cm³/mol. The number of aromatic nitrogens is 2. The van der Waals surface area contributed by atoms with Crippen LogP contribution < -0.4 is 10.6 Å². The standard InChI is InChI=1S/C16H18N4O/c1-10-4-3-5-13(8-10)19-16-17-11(2)9-14(20-16)15(21)18-12-6-7-12/h3-5,8-9,12H,6-7H2,1-2H3,(H,18,21)(H,17,19,20). The fourth-order valence-electron chi connectivity index (χ4n) is 2.08. The SMILES string of the molecule is Cc1cccc(Nc2nc(C)cc(C(=O)NC3CC3)n2)c1. The van der Waals surface area contributed by atoms with Gasteiger partial charge in [-0.25, -0.2) is 9.97 Å². The number of rotatable bonds is 4. The molecular formula is C16H18N4O. The summed E-state index contributed by atoms with van der Waals surface area (Å²) in [5, 5.41) is 6.09. The Balaban J connectivity index is 1.81. The molecule has 5 nitrogen and oxygen atoms in total. The predicted octanol–water partition coefficient (Wildman–Crippen LogP) is 2.73. The van der Waals surface area contributed by atoms with E-state index in [1.807, 2.05) is 38.1 Å². The summed E-state index contributed by atoms with van der Waals surface area (Å²) in [5.74, 6) is 0.317. The maximum atomic E-state index is 12.1. The van der Waals surface area contributed by atoms with Crippen molar-refractivity contribution in [1.29, 1.82) is 0 Å². The number of nitrogens with one attached hydrogen (secondary N) is 2. The Morgan fingerprint density at radius 2 is 2.00 bits per heavy atom. The molecule has 2 N–H and O–H groups in total. The first-order valence-electron chi connectivity index (χ1n) is 7.10. The summed E-state index contributed by atoms with van der Waals surface area (Å²) < 4.78 is 0. The molecule has 1 fully saturated rings. The Morgan fingerprint density at radius 3 is 2.71 bits per heavy atom. The molecule has 0 aliphatic heterocycles. The quantitative estimate of drug-likeness (QED) is 0.905. The van der Waals surface area contributed by atoms with Crippen LogP contribution in [0.15, 0.2) is 30.3 Å². The zero-order valence-corrected chi connectivity index (χ0v) is 12.2. The number of carbonyl (C=O) groups is 1. The zero-order valence-electron chi connectivity index (χ0n) is 12.2. The van der Waals surface area contributed by atoms with E-state index in [0.717, 1.165) is 29.8 Å². The molecule has 5 heteroatoms. The van der Waals surface area contributed by atoms with Crippen molar-refractivity contribution in [3.63, 3.8) is 0 Å². The largest absolute Gasteiger partial charge is 0.348 e. The highest BCUT2D eigenvalue weighted by Crippen LogP contribution is 2.20. The Hall–Kier alpha value is -2.43. The van der Waals surface area contributed by atoms with E-state index >= 15 is 0 Å². The van der Waals surface area contributed by atoms with Gasteiger partial charge in [0.2, 0.25) is 5.95 Å². The third-order valence-electron chi connectivity index (χ3n) is 3.27. The summed E-state index contributed by atoms with van der Waals surface area (Å²) in [4.78, 5) is 20.7. The summed E-state index contributed by atoms with van der Waals surface area (Å²) in [6.45, 7) is 3.88. The van der Waals surface area contributed by atoms with Crippen LogP contribution in [-0.2, 0) is 0 Å². The van der Waals surface area contributed by atoms with Gasteiger partial charge in [-0.05, 0) is 50.5 Å². The first kappa shape index (κ1) is 13.5. The van der Waals surface area contributed by atoms with Crippen molar-refractivity contribution in [3.8, 4) is 0 Å². The molecule has 3 rings (SSSR count). The van der Waals surface area contributed by atoms with Crippen LogP contribution in [0.4, 0.5) is 11.6 Å². The first-order chi connectivity index (χ1) is 10.1. The van der Waals surface area contributed by atoms with E-state index < -0.39 is 0 Å². The van der Waals surface area contributed by atoms with E-state index in [2.05, 4.69) is 20.6 Å². The summed E-state index contributed by atoms with van der Waals surface area (Å²) in [6.07, 6.45) is 2.12. The molecule has 0 saturated heterocycles. The van der Waals surface area contributed by atoms with E-state index in [9.17, 15) is 4.79 Å². The molecule has 2 aromatic rings. The van der Waals surface area contributed by atoms with Gasteiger partial charge >= 0.3 is 0 Å². The van der Waals surface area contributed by atoms with Gasteiger partial charge in [0, 0.05) is 17.4 Å². The van der Waals surface area contributed by atoms with Crippen molar-refractivity contribution < 1.29 is 4.79 Å². The average molecular weight is 282 g/mol. The smallest absolute Gasteiger partial charge is 0.270 e. The van der Waals surface area contributed by atoms with Crippen LogP contribution in [0.5, 0.6) is 0 Å². The number of hydrogen-bond donors (Lipinski definition) is 2. The van der Waals surface area contributed by atoms with Crippen molar-refractivity contribution in [2.45, 2.75) is 32.7 Å². The van der Waals surface area contributed by atoms with Crippen LogP contribution in [0.1, 0.15) is 34.6 Å². The van der Waals surface area contributed by atoms with Crippen LogP contribution in [0.2, 0.25) is 0 Å². The monoisotopic (exact) mass is 282 g/mol. The zero-order chi connectivity index (χ0) is 14.8. The van der Waals surface area contributed by atoms with E-state index in [0.29, 0.717) is 17.7 Å². The fourth-order valence-corrected chi connectivity index (χ4v) is 2.08. The molecule has 0 radical (unpaired) electrons. The Labute approximate surface area is 123 Å². The Kier molecular flexibility index (Phi) is 3.56. The second-order valence-corrected chi connectivity index (χ2v) is 5.46. The van der Waals surface area contributed by atoms with Crippen LogP contribution in [0, 0.1) is 13.8 Å². The van der Waals surface area contributed by atoms with Gasteiger partial charge in [0.05, 0.1) is 0 Å². The van der Waals surface area contributed by atoms with Gasteiger partial charge in [0.15, 0.2) is 0 Å². The molecule has 1 heterocycles. The van der Waals surface area contributed by atoms with Gasteiger partial charge in [0.25, 0.3) is 5.91 Å². The summed E-state index contributed by atoms with van der Waals surface area (Å²) in [6, 6.07) is 9.98. The summed E-state index contributed by atoms with van der Waals surface area (Å²) in [5.41, 5.74) is 3.24. The topological polar surface area (TPSA) is 66.9 Å². The molecular weight excluding hydrogens is 264 g/mol. The number of aryl methyl sites for hydroxylation is 2. The van der Waals surface area contributed by atoms with Crippen molar-refractivity contribution >= 4 is 17.5 Å². The van der Waals surface area contributed by atoms with Gasteiger partial charge in [-0.3, -0.25) is 4.79 Å². The lowest BCUT2D eigenvalue weighted by molar-refractivity contribution is 0.0946. The lowest BCUT2D eigenvalue weighted by atomic mass is 10.2.